The van der Waals surface area contributed by atoms with Crippen molar-refractivity contribution >= 4 is 23.3 Å². The Bertz CT molecular complexity index is 500. The van der Waals surface area contributed by atoms with Crippen molar-refractivity contribution in [2.75, 3.05) is 24.8 Å². The van der Waals surface area contributed by atoms with E-state index in [1.807, 2.05) is 18.2 Å². The third-order valence-corrected chi connectivity index (χ3v) is 2.48. The van der Waals surface area contributed by atoms with Gasteiger partial charge in [-0.25, -0.2) is 4.79 Å². The molecule has 0 saturated heterocycles. The summed E-state index contributed by atoms with van der Waals surface area (Å²) < 4.78 is 9.80. The molecule has 0 bridgehead atoms. The minimum atomic E-state index is -0.512. The largest absolute Gasteiger partial charge is 0.465 e. The van der Waals surface area contributed by atoms with Gasteiger partial charge in [0.1, 0.15) is 12.3 Å². The molecule has 0 fully saturated rings. The van der Waals surface area contributed by atoms with Crippen molar-refractivity contribution in [3.8, 4) is 0 Å². The minimum Gasteiger partial charge on any atom is -0.465 e. The second kappa shape index (κ2) is 8.73. The Labute approximate surface area is 124 Å². The van der Waals surface area contributed by atoms with E-state index in [4.69, 9.17) is 9.47 Å². The topological polar surface area (TPSA) is 68.2 Å². The zero-order valence-electron chi connectivity index (χ0n) is 12.5. The maximum absolute atomic E-state index is 11.7. The van der Waals surface area contributed by atoms with E-state index in [1.54, 1.807) is 32.9 Å². The van der Waals surface area contributed by atoms with E-state index in [1.165, 1.54) is 5.01 Å². The number of nitrogens with zero attached hydrogens (tertiary/aromatic N) is 2. The summed E-state index contributed by atoms with van der Waals surface area (Å²) in [5.74, 6) is -0.927. The van der Waals surface area contributed by atoms with Crippen LogP contribution >= 0.6 is 0 Å². The molecule has 0 radical (unpaired) electrons. The van der Waals surface area contributed by atoms with E-state index in [-0.39, 0.29) is 18.9 Å². The van der Waals surface area contributed by atoms with Gasteiger partial charge in [0.05, 0.1) is 18.9 Å². The van der Waals surface area contributed by atoms with Gasteiger partial charge in [0.2, 0.25) is 0 Å². The molecule has 0 saturated carbocycles. The van der Waals surface area contributed by atoms with Crippen molar-refractivity contribution in [1.82, 2.24) is 0 Å². The van der Waals surface area contributed by atoms with E-state index in [2.05, 4.69) is 5.10 Å². The highest BCUT2D eigenvalue weighted by molar-refractivity contribution is 6.35. The molecule has 0 aliphatic rings. The van der Waals surface area contributed by atoms with Crippen LogP contribution in [0.25, 0.3) is 0 Å². The summed E-state index contributed by atoms with van der Waals surface area (Å²) in [6, 6.07) is 9.09. The summed E-state index contributed by atoms with van der Waals surface area (Å²) in [4.78, 5) is 23.3. The summed E-state index contributed by atoms with van der Waals surface area (Å²) >= 11 is 0. The molecule has 114 valence electrons. The van der Waals surface area contributed by atoms with Gasteiger partial charge >= 0.3 is 11.9 Å². The normalized spacial score (nSPS) is 10.9. The molecule has 1 aromatic rings. The van der Waals surface area contributed by atoms with Gasteiger partial charge in [-0.05, 0) is 32.9 Å². The van der Waals surface area contributed by atoms with E-state index in [0.717, 1.165) is 0 Å². The number of anilines is 1. The first-order chi connectivity index (χ1) is 10.1. The molecule has 0 unspecified atom stereocenters. The van der Waals surface area contributed by atoms with E-state index in [9.17, 15) is 9.59 Å². The van der Waals surface area contributed by atoms with Crippen LogP contribution in [0.3, 0.4) is 0 Å². The molecule has 21 heavy (non-hydrogen) atoms. The monoisotopic (exact) mass is 292 g/mol. The van der Waals surface area contributed by atoms with Crippen LogP contribution in [0.1, 0.15) is 20.8 Å². The lowest BCUT2D eigenvalue weighted by Gasteiger charge is -2.19. The first-order valence-corrected chi connectivity index (χ1v) is 6.79. The predicted octanol–water partition coefficient (Wildman–Crippen LogP) is 2.00. The second-order valence-corrected chi connectivity index (χ2v) is 4.10. The Kier molecular flexibility index (Phi) is 6.94. The van der Waals surface area contributed by atoms with Crippen LogP contribution < -0.4 is 5.01 Å². The molecule has 6 heteroatoms. The van der Waals surface area contributed by atoms with Crippen molar-refractivity contribution in [3.05, 3.63) is 30.3 Å². The van der Waals surface area contributed by atoms with Crippen LogP contribution in [-0.2, 0) is 19.1 Å². The molecule has 6 nitrogen and oxygen atoms in total. The number of hydrazone groups is 1. The van der Waals surface area contributed by atoms with Gasteiger partial charge in [-0.1, -0.05) is 18.2 Å². The van der Waals surface area contributed by atoms with Crippen LogP contribution in [0, 0.1) is 0 Å². The summed E-state index contributed by atoms with van der Waals surface area (Å²) in [6.07, 6.45) is 0. The number of ether oxygens (including phenoxy) is 2. The van der Waals surface area contributed by atoms with Gasteiger partial charge in [0.15, 0.2) is 0 Å². The van der Waals surface area contributed by atoms with Gasteiger partial charge in [-0.15, -0.1) is 0 Å². The van der Waals surface area contributed by atoms with Gasteiger partial charge in [0.25, 0.3) is 0 Å². The maximum atomic E-state index is 11.7. The Morgan fingerprint density at radius 2 is 1.71 bits per heavy atom. The average molecular weight is 292 g/mol. The first-order valence-electron chi connectivity index (χ1n) is 6.79. The van der Waals surface area contributed by atoms with Crippen LogP contribution in [0.15, 0.2) is 35.4 Å². The molecule has 0 aliphatic heterocycles. The molecule has 0 amide bonds. The molecule has 0 aromatic heterocycles. The fourth-order valence-electron chi connectivity index (χ4n) is 1.57. The van der Waals surface area contributed by atoms with Crippen molar-refractivity contribution in [2.45, 2.75) is 20.8 Å². The van der Waals surface area contributed by atoms with Gasteiger partial charge in [0, 0.05) is 0 Å². The van der Waals surface area contributed by atoms with E-state index < -0.39 is 11.9 Å². The molecule has 0 atom stereocenters. The van der Waals surface area contributed by atoms with Gasteiger partial charge in [-0.2, -0.15) is 5.10 Å². The van der Waals surface area contributed by atoms with Gasteiger partial charge < -0.3 is 9.47 Å². The number of hydrogen-bond acceptors (Lipinski definition) is 6. The van der Waals surface area contributed by atoms with Crippen molar-refractivity contribution in [2.24, 2.45) is 5.10 Å². The van der Waals surface area contributed by atoms with Crippen LogP contribution in [0.5, 0.6) is 0 Å². The zero-order valence-corrected chi connectivity index (χ0v) is 12.5. The Morgan fingerprint density at radius 3 is 2.29 bits per heavy atom. The fourth-order valence-corrected chi connectivity index (χ4v) is 1.57. The Hall–Kier alpha value is -2.37. The van der Waals surface area contributed by atoms with Crippen molar-refractivity contribution < 1.29 is 19.1 Å². The number of para-hydroxylation sites is 1. The smallest absolute Gasteiger partial charge is 0.354 e. The number of rotatable bonds is 7. The molecule has 0 spiro atoms. The second-order valence-electron chi connectivity index (χ2n) is 4.10. The van der Waals surface area contributed by atoms with Crippen LogP contribution in [0.2, 0.25) is 0 Å². The van der Waals surface area contributed by atoms with Crippen molar-refractivity contribution in [1.29, 1.82) is 0 Å². The zero-order chi connectivity index (χ0) is 15.7. The van der Waals surface area contributed by atoms with E-state index in [0.29, 0.717) is 12.3 Å². The highest BCUT2D eigenvalue weighted by Crippen LogP contribution is 2.14. The lowest BCUT2D eigenvalue weighted by Crippen LogP contribution is -2.29. The Balaban J connectivity index is 2.94. The van der Waals surface area contributed by atoms with Gasteiger partial charge in [-0.3, -0.25) is 9.80 Å². The van der Waals surface area contributed by atoms with E-state index >= 15 is 0 Å². The summed E-state index contributed by atoms with van der Waals surface area (Å²) in [5, 5.41) is 5.58. The summed E-state index contributed by atoms with van der Waals surface area (Å²) in [7, 11) is 0. The minimum absolute atomic E-state index is 0.0748. The summed E-state index contributed by atoms with van der Waals surface area (Å²) in [5.41, 5.74) is 0.860. The highest BCUT2D eigenvalue weighted by Gasteiger charge is 2.15. The molecular weight excluding hydrogens is 272 g/mol. The average Bonchev–Trinajstić information content (AvgIpc) is 2.48. The Morgan fingerprint density at radius 1 is 1.10 bits per heavy atom. The fraction of sp³-hybridized carbons (Fsp3) is 0.400. The lowest BCUT2D eigenvalue weighted by molar-refractivity contribution is -0.141. The number of benzene rings is 1. The number of carbonyl (C=O) groups excluding carboxylic acids is 2. The number of esters is 2. The molecular formula is C15H20N2O4. The standard InChI is InChI=1S/C15H20N2O4/c1-4-20-14(18)11-17(13-9-7-6-8-10-13)16-12(3)15(19)21-5-2/h6-10H,4-5,11H2,1-3H3/b16-12-. The highest BCUT2D eigenvalue weighted by atomic mass is 16.5. The van der Waals surface area contributed by atoms with Crippen molar-refractivity contribution in [3.63, 3.8) is 0 Å². The molecule has 1 rings (SSSR count). The molecule has 0 heterocycles. The third-order valence-electron chi connectivity index (χ3n) is 2.48. The number of hydrogen-bond donors (Lipinski definition) is 0. The lowest BCUT2D eigenvalue weighted by atomic mass is 10.3. The molecule has 0 N–H and O–H groups in total. The SMILES string of the molecule is CCOC(=O)CN(/N=C(/C)C(=O)OCC)c1ccccc1. The predicted molar refractivity (Wildman–Crippen MR) is 80.2 cm³/mol. The van der Waals surface area contributed by atoms with Crippen LogP contribution in [0.4, 0.5) is 5.69 Å². The number of carbonyl (C=O) groups is 2. The maximum Gasteiger partial charge on any atom is 0.354 e. The first kappa shape index (κ1) is 16.7. The third kappa shape index (κ3) is 5.64. The summed E-state index contributed by atoms with van der Waals surface area (Å²) in [6.45, 7) is 5.49. The quantitative estimate of drug-likeness (QED) is 0.437. The molecule has 1 aromatic carbocycles. The van der Waals surface area contributed by atoms with Crippen LogP contribution in [-0.4, -0.2) is 37.4 Å². The molecule has 0 aliphatic carbocycles.